The van der Waals surface area contributed by atoms with Crippen molar-refractivity contribution in [2.45, 2.75) is 19.4 Å². The molecule has 6 nitrogen and oxygen atoms in total. The molecular weight excluding hydrogens is 404 g/mol. The summed E-state index contributed by atoms with van der Waals surface area (Å²) in [4.78, 5) is 38.2. The molecule has 0 saturated carbocycles. The SMILES string of the molecule is O=C(COc1ccc(C(=O)c2ccccc2)cc1)NCc1ccc(N2CCCC2=O)cc1. The molecule has 1 saturated heterocycles. The van der Waals surface area contributed by atoms with E-state index in [2.05, 4.69) is 5.32 Å². The number of carbonyl (C=O) groups excluding carboxylic acids is 3. The summed E-state index contributed by atoms with van der Waals surface area (Å²) in [5.74, 6) is 0.369. The molecule has 162 valence electrons. The fourth-order valence-corrected chi connectivity index (χ4v) is 3.57. The van der Waals surface area contributed by atoms with E-state index in [1.807, 2.05) is 42.5 Å². The van der Waals surface area contributed by atoms with Crippen LogP contribution in [0.2, 0.25) is 0 Å². The van der Waals surface area contributed by atoms with Gasteiger partial charge in [-0.3, -0.25) is 14.4 Å². The Labute approximate surface area is 186 Å². The summed E-state index contributed by atoms with van der Waals surface area (Å²) in [5, 5.41) is 2.82. The van der Waals surface area contributed by atoms with Crippen molar-refractivity contribution in [3.63, 3.8) is 0 Å². The number of amides is 2. The largest absolute Gasteiger partial charge is 0.484 e. The van der Waals surface area contributed by atoms with E-state index < -0.39 is 0 Å². The molecular formula is C26H24N2O4. The number of rotatable bonds is 8. The third-order valence-corrected chi connectivity index (χ3v) is 5.33. The van der Waals surface area contributed by atoms with Crippen LogP contribution in [0.3, 0.4) is 0 Å². The van der Waals surface area contributed by atoms with Crippen LogP contribution in [-0.2, 0) is 16.1 Å². The fourth-order valence-electron chi connectivity index (χ4n) is 3.57. The van der Waals surface area contributed by atoms with E-state index in [1.165, 1.54) is 0 Å². The second-order valence-corrected chi connectivity index (χ2v) is 7.60. The minimum atomic E-state index is -0.242. The number of anilines is 1. The summed E-state index contributed by atoms with van der Waals surface area (Å²) >= 11 is 0. The van der Waals surface area contributed by atoms with Gasteiger partial charge >= 0.3 is 0 Å². The number of carbonyl (C=O) groups is 3. The van der Waals surface area contributed by atoms with Crippen LogP contribution in [0, 0.1) is 0 Å². The van der Waals surface area contributed by atoms with Gasteiger partial charge in [0.2, 0.25) is 5.91 Å². The van der Waals surface area contributed by atoms with Gasteiger partial charge in [-0.2, -0.15) is 0 Å². The molecule has 2 amide bonds. The molecule has 4 rings (SSSR count). The summed E-state index contributed by atoms with van der Waals surface area (Å²) in [6.07, 6.45) is 1.49. The Bertz CT molecular complexity index is 1090. The molecule has 0 bridgehead atoms. The molecule has 1 aliphatic rings. The van der Waals surface area contributed by atoms with E-state index in [0.717, 1.165) is 24.2 Å². The fraction of sp³-hybridized carbons (Fsp3) is 0.192. The molecule has 3 aromatic rings. The standard InChI is InChI=1S/C26H24N2O4/c29-24(27-17-19-8-12-22(13-9-19)28-16-4-7-25(28)30)18-32-23-14-10-21(11-15-23)26(31)20-5-2-1-3-6-20/h1-3,5-6,8-15H,4,7,16-18H2,(H,27,29). The Balaban J connectivity index is 1.23. The van der Waals surface area contributed by atoms with Crippen LogP contribution >= 0.6 is 0 Å². The first-order valence-electron chi connectivity index (χ1n) is 10.6. The van der Waals surface area contributed by atoms with Crippen LogP contribution in [0.4, 0.5) is 5.69 Å². The van der Waals surface area contributed by atoms with Gasteiger partial charge in [0, 0.05) is 36.3 Å². The van der Waals surface area contributed by atoms with Gasteiger partial charge in [-0.15, -0.1) is 0 Å². The van der Waals surface area contributed by atoms with Gasteiger partial charge < -0.3 is 15.0 Å². The summed E-state index contributed by atoms with van der Waals surface area (Å²) < 4.78 is 5.53. The summed E-state index contributed by atoms with van der Waals surface area (Å²) in [6.45, 7) is 1.01. The lowest BCUT2D eigenvalue weighted by Gasteiger charge is -2.16. The second kappa shape index (κ2) is 9.92. The first kappa shape index (κ1) is 21.3. The van der Waals surface area contributed by atoms with Crippen molar-refractivity contribution in [2.75, 3.05) is 18.1 Å². The Morgan fingerprint density at radius 1 is 0.875 bits per heavy atom. The highest BCUT2D eigenvalue weighted by molar-refractivity contribution is 6.09. The lowest BCUT2D eigenvalue weighted by Crippen LogP contribution is -2.28. The van der Waals surface area contributed by atoms with Gasteiger partial charge in [0.05, 0.1) is 0 Å². The number of ether oxygens (including phenoxy) is 1. The van der Waals surface area contributed by atoms with Gasteiger partial charge in [-0.1, -0.05) is 42.5 Å². The van der Waals surface area contributed by atoms with Gasteiger partial charge in [0.25, 0.3) is 5.91 Å². The molecule has 1 aliphatic heterocycles. The van der Waals surface area contributed by atoms with E-state index >= 15 is 0 Å². The lowest BCUT2D eigenvalue weighted by atomic mass is 10.0. The Morgan fingerprint density at radius 3 is 2.22 bits per heavy atom. The predicted molar refractivity (Wildman–Crippen MR) is 122 cm³/mol. The van der Waals surface area contributed by atoms with E-state index in [0.29, 0.717) is 29.8 Å². The molecule has 0 unspecified atom stereocenters. The average Bonchev–Trinajstić information content (AvgIpc) is 3.28. The zero-order valence-corrected chi connectivity index (χ0v) is 17.6. The number of benzene rings is 3. The molecule has 1 fully saturated rings. The van der Waals surface area contributed by atoms with Crippen molar-refractivity contribution in [3.05, 3.63) is 95.6 Å². The van der Waals surface area contributed by atoms with Crippen LogP contribution in [0.5, 0.6) is 5.75 Å². The van der Waals surface area contributed by atoms with Crippen molar-refractivity contribution in [3.8, 4) is 5.75 Å². The number of hydrogen-bond acceptors (Lipinski definition) is 4. The van der Waals surface area contributed by atoms with Crippen LogP contribution in [0.15, 0.2) is 78.9 Å². The highest BCUT2D eigenvalue weighted by Crippen LogP contribution is 2.21. The van der Waals surface area contributed by atoms with Crippen LogP contribution in [-0.4, -0.2) is 30.7 Å². The van der Waals surface area contributed by atoms with Gasteiger partial charge in [0.15, 0.2) is 12.4 Å². The molecule has 0 atom stereocenters. The predicted octanol–water partition coefficient (Wildman–Crippen LogP) is 3.74. The van der Waals surface area contributed by atoms with Crippen molar-refractivity contribution >= 4 is 23.3 Å². The van der Waals surface area contributed by atoms with Crippen LogP contribution in [0.25, 0.3) is 0 Å². The van der Waals surface area contributed by atoms with E-state index in [9.17, 15) is 14.4 Å². The highest BCUT2D eigenvalue weighted by Gasteiger charge is 2.21. The van der Waals surface area contributed by atoms with Gasteiger partial charge in [-0.25, -0.2) is 0 Å². The van der Waals surface area contributed by atoms with Gasteiger partial charge in [-0.05, 0) is 48.4 Å². The molecule has 3 aromatic carbocycles. The minimum Gasteiger partial charge on any atom is -0.484 e. The van der Waals surface area contributed by atoms with Crippen molar-refractivity contribution in [2.24, 2.45) is 0 Å². The molecule has 0 aliphatic carbocycles. The Hall–Kier alpha value is -3.93. The lowest BCUT2D eigenvalue weighted by molar-refractivity contribution is -0.123. The summed E-state index contributed by atoms with van der Waals surface area (Å²) in [6, 6.07) is 23.4. The van der Waals surface area contributed by atoms with Gasteiger partial charge in [0.1, 0.15) is 5.75 Å². The van der Waals surface area contributed by atoms with Crippen molar-refractivity contribution < 1.29 is 19.1 Å². The first-order chi connectivity index (χ1) is 15.6. The number of nitrogens with one attached hydrogen (secondary N) is 1. The number of hydrogen-bond donors (Lipinski definition) is 1. The van der Waals surface area contributed by atoms with Crippen molar-refractivity contribution in [1.29, 1.82) is 0 Å². The molecule has 0 aromatic heterocycles. The van der Waals surface area contributed by atoms with Crippen LogP contribution in [0.1, 0.15) is 34.3 Å². The van der Waals surface area contributed by atoms with Crippen LogP contribution < -0.4 is 15.0 Å². The average molecular weight is 428 g/mol. The van der Waals surface area contributed by atoms with Crippen molar-refractivity contribution in [1.82, 2.24) is 5.32 Å². The Kier molecular flexibility index (Phi) is 6.60. The normalized spacial score (nSPS) is 13.1. The number of ketones is 1. The zero-order chi connectivity index (χ0) is 22.3. The second-order valence-electron chi connectivity index (χ2n) is 7.60. The molecule has 1 N–H and O–H groups in total. The Morgan fingerprint density at radius 2 is 1.56 bits per heavy atom. The third kappa shape index (κ3) is 5.21. The molecule has 32 heavy (non-hydrogen) atoms. The zero-order valence-electron chi connectivity index (χ0n) is 17.6. The molecule has 0 spiro atoms. The first-order valence-corrected chi connectivity index (χ1v) is 10.6. The maximum absolute atomic E-state index is 12.4. The minimum absolute atomic E-state index is 0.0602. The van der Waals surface area contributed by atoms with E-state index in [-0.39, 0.29) is 24.2 Å². The highest BCUT2D eigenvalue weighted by atomic mass is 16.5. The smallest absolute Gasteiger partial charge is 0.258 e. The molecule has 0 radical (unpaired) electrons. The topological polar surface area (TPSA) is 75.7 Å². The third-order valence-electron chi connectivity index (χ3n) is 5.33. The summed E-state index contributed by atoms with van der Waals surface area (Å²) in [5.41, 5.74) is 3.02. The number of nitrogens with zero attached hydrogens (tertiary/aromatic N) is 1. The van der Waals surface area contributed by atoms with E-state index in [4.69, 9.17) is 4.74 Å². The quantitative estimate of drug-likeness (QED) is 0.555. The van der Waals surface area contributed by atoms with E-state index in [1.54, 1.807) is 41.3 Å². The molecule has 6 heteroatoms. The monoisotopic (exact) mass is 428 g/mol. The molecule has 1 heterocycles. The maximum Gasteiger partial charge on any atom is 0.258 e. The maximum atomic E-state index is 12.4. The summed E-state index contributed by atoms with van der Waals surface area (Å²) in [7, 11) is 0.